The fourth-order valence-electron chi connectivity index (χ4n) is 2.07. The summed E-state index contributed by atoms with van der Waals surface area (Å²) in [7, 11) is 1.66. The van der Waals surface area contributed by atoms with Crippen LogP contribution in [0.3, 0.4) is 0 Å². The van der Waals surface area contributed by atoms with Gasteiger partial charge in [-0.15, -0.1) is 0 Å². The number of anilines is 1. The van der Waals surface area contributed by atoms with Crippen molar-refractivity contribution >= 4 is 5.69 Å². The number of para-hydroxylation sites is 1. The van der Waals surface area contributed by atoms with Gasteiger partial charge in [0, 0.05) is 12.2 Å². The molecule has 0 aromatic heterocycles. The summed E-state index contributed by atoms with van der Waals surface area (Å²) >= 11 is 0. The van der Waals surface area contributed by atoms with Crippen molar-refractivity contribution in [3.8, 4) is 11.5 Å². The van der Waals surface area contributed by atoms with Gasteiger partial charge in [0.2, 0.25) is 0 Å². The van der Waals surface area contributed by atoms with Gasteiger partial charge in [0.05, 0.1) is 13.7 Å². The van der Waals surface area contributed by atoms with Crippen LogP contribution in [0, 0.1) is 6.92 Å². The number of aryl methyl sites for hydroxylation is 1. The maximum atomic E-state index is 5.52. The van der Waals surface area contributed by atoms with Gasteiger partial charge in [-0.2, -0.15) is 0 Å². The summed E-state index contributed by atoms with van der Waals surface area (Å²) in [6.45, 7) is 5.46. The van der Waals surface area contributed by atoms with Crippen LogP contribution in [-0.2, 0) is 6.54 Å². The summed E-state index contributed by atoms with van der Waals surface area (Å²) in [6, 6.07) is 14.3. The van der Waals surface area contributed by atoms with E-state index in [2.05, 4.69) is 30.4 Å². The van der Waals surface area contributed by atoms with Crippen molar-refractivity contribution in [1.82, 2.24) is 0 Å². The van der Waals surface area contributed by atoms with Crippen LogP contribution in [0.1, 0.15) is 18.1 Å². The molecule has 0 aliphatic carbocycles. The normalized spacial score (nSPS) is 10.2. The lowest BCUT2D eigenvalue weighted by Gasteiger charge is -2.13. The Labute approximate surface area is 120 Å². The Balaban J connectivity index is 2.08. The summed E-state index contributed by atoms with van der Waals surface area (Å²) in [5.74, 6) is 1.56. The number of hydrogen-bond donors (Lipinski definition) is 1. The summed E-state index contributed by atoms with van der Waals surface area (Å²) in [5, 5.41) is 3.44. The van der Waals surface area contributed by atoms with Crippen LogP contribution < -0.4 is 14.8 Å². The van der Waals surface area contributed by atoms with E-state index in [1.54, 1.807) is 7.11 Å². The van der Waals surface area contributed by atoms with E-state index in [1.807, 2.05) is 31.2 Å². The van der Waals surface area contributed by atoms with E-state index in [0.717, 1.165) is 29.3 Å². The van der Waals surface area contributed by atoms with Gasteiger partial charge < -0.3 is 14.8 Å². The highest BCUT2D eigenvalue weighted by Gasteiger charge is 2.05. The summed E-state index contributed by atoms with van der Waals surface area (Å²) in [5.41, 5.74) is 3.55. The zero-order valence-corrected chi connectivity index (χ0v) is 12.3. The molecule has 0 heterocycles. The van der Waals surface area contributed by atoms with Gasteiger partial charge in [-0.25, -0.2) is 0 Å². The van der Waals surface area contributed by atoms with E-state index in [4.69, 9.17) is 9.47 Å². The van der Waals surface area contributed by atoms with Crippen molar-refractivity contribution < 1.29 is 9.47 Å². The highest BCUT2D eigenvalue weighted by molar-refractivity contribution is 5.51. The molecule has 106 valence electrons. The molecule has 0 unspecified atom stereocenters. The van der Waals surface area contributed by atoms with E-state index < -0.39 is 0 Å². The van der Waals surface area contributed by atoms with Gasteiger partial charge in [0.1, 0.15) is 0 Å². The van der Waals surface area contributed by atoms with Gasteiger partial charge in [-0.3, -0.25) is 0 Å². The first kappa shape index (κ1) is 14.3. The van der Waals surface area contributed by atoms with Gasteiger partial charge >= 0.3 is 0 Å². The molecule has 0 aliphatic rings. The Kier molecular flexibility index (Phi) is 4.88. The third-order valence-electron chi connectivity index (χ3n) is 3.16. The molecule has 0 fully saturated rings. The van der Waals surface area contributed by atoms with Gasteiger partial charge in [-0.05, 0) is 43.2 Å². The van der Waals surface area contributed by atoms with Gasteiger partial charge in [0.15, 0.2) is 11.5 Å². The summed E-state index contributed by atoms with van der Waals surface area (Å²) in [6.07, 6.45) is 0. The monoisotopic (exact) mass is 271 g/mol. The number of hydrogen-bond acceptors (Lipinski definition) is 3. The zero-order chi connectivity index (χ0) is 14.4. The fraction of sp³-hybridized carbons (Fsp3) is 0.294. The molecule has 2 rings (SSSR count). The standard InChI is InChI=1S/C17H21NO2/c1-4-20-16-10-9-14(11-17(16)19-3)12-18-15-8-6-5-7-13(15)2/h5-11,18H,4,12H2,1-3H3. The second-order valence-corrected chi connectivity index (χ2v) is 4.59. The van der Waals surface area contributed by atoms with Crippen molar-refractivity contribution in [2.45, 2.75) is 20.4 Å². The molecule has 20 heavy (non-hydrogen) atoms. The topological polar surface area (TPSA) is 30.5 Å². The quantitative estimate of drug-likeness (QED) is 0.861. The third kappa shape index (κ3) is 3.44. The predicted octanol–water partition coefficient (Wildman–Crippen LogP) is 4.01. The first-order chi connectivity index (χ1) is 9.74. The number of methoxy groups -OCH3 is 1. The second-order valence-electron chi connectivity index (χ2n) is 4.59. The Morgan fingerprint density at radius 1 is 1.05 bits per heavy atom. The summed E-state index contributed by atoms with van der Waals surface area (Å²) < 4.78 is 10.9. The first-order valence-electron chi connectivity index (χ1n) is 6.83. The van der Waals surface area contributed by atoms with Crippen LogP contribution >= 0.6 is 0 Å². The van der Waals surface area contributed by atoms with Gasteiger partial charge in [0.25, 0.3) is 0 Å². The van der Waals surface area contributed by atoms with Crippen molar-refractivity contribution in [2.75, 3.05) is 19.0 Å². The number of rotatable bonds is 6. The molecule has 0 saturated carbocycles. The smallest absolute Gasteiger partial charge is 0.161 e. The molecule has 0 saturated heterocycles. The molecule has 1 N–H and O–H groups in total. The average Bonchev–Trinajstić information content (AvgIpc) is 2.48. The Hall–Kier alpha value is -2.16. The molecule has 0 bridgehead atoms. The molecule has 0 spiro atoms. The number of benzene rings is 2. The molecule has 0 atom stereocenters. The number of nitrogens with one attached hydrogen (secondary N) is 1. The number of ether oxygens (including phenoxy) is 2. The van der Waals surface area contributed by atoms with Crippen molar-refractivity contribution in [3.63, 3.8) is 0 Å². The van der Waals surface area contributed by atoms with E-state index in [1.165, 1.54) is 5.56 Å². The average molecular weight is 271 g/mol. The Bertz CT molecular complexity index is 567. The molecule has 0 aliphatic heterocycles. The lowest BCUT2D eigenvalue weighted by atomic mass is 10.1. The molecule has 2 aromatic rings. The minimum atomic E-state index is 0.636. The van der Waals surface area contributed by atoms with Crippen LogP contribution in [0.5, 0.6) is 11.5 Å². The first-order valence-corrected chi connectivity index (χ1v) is 6.83. The van der Waals surface area contributed by atoms with Crippen LogP contribution in [0.4, 0.5) is 5.69 Å². The van der Waals surface area contributed by atoms with E-state index >= 15 is 0 Å². The van der Waals surface area contributed by atoms with E-state index in [-0.39, 0.29) is 0 Å². The molecule has 0 radical (unpaired) electrons. The largest absolute Gasteiger partial charge is 0.493 e. The molecular formula is C17H21NO2. The van der Waals surface area contributed by atoms with E-state index in [9.17, 15) is 0 Å². The SMILES string of the molecule is CCOc1ccc(CNc2ccccc2C)cc1OC. The highest BCUT2D eigenvalue weighted by atomic mass is 16.5. The van der Waals surface area contributed by atoms with Crippen molar-refractivity contribution in [1.29, 1.82) is 0 Å². The van der Waals surface area contributed by atoms with Gasteiger partial charge in [-0.1, -0.05) is 24.3 Å². The Morgan fingerprint density at radius 2 is 1.85 bits per heavy atom. The molecule has 2 aromatic carbocycles. The van der Waals surface area contributed by atoms with Crippen LogP contribution in [0.15, 0.2) is 42.5 Å². The highest BCUT2D eigenvalue weighted by Crippen LogP contribution is 2.28. The zero-order valence-electron chi connectivity index (χ0n) is 12.3. The van der Waals surface area contributed by atoms with Crippen molar-refractivity contribution in [2.24, 2.45) is 0 Å². The van der Waals surface area contributed by atoms with Crippen LogP contribution in [-0.4, -0.2) is 13.7 Å². The third-order valence-corrected chi connectivity index (χ3v) is 3.16. The minimum absolute atomic E-state index is 0.636. The maximum absolute atomic E-state index is 5.52. The van der Waals surface area contributed by atoms with E-state index in [0.29, 0.717) is 6.61 Å². The predicted molar refractivity (Wildman–Crippen MR) is 82.7 cm³/mol. The molecule has 0 amide bonds. The lowest BCUT2D eigenvalue weighted by Crippen LogP contribution is -2.02. The second kappa shape index (κ2) is 6.85. The molecular weight excluding hydrogens is 250 g/mol. The molecule has 3 heteroatoms. The fourth-order valence-corrected chi connectivity index (χ4v) is 2.07. The maximum Gasteiger partial charge on any atom is 0.161 e. The Morgan fingerprint density at radius 3 is 2.55 bits per heavy atom. The van der Waals surface area contributed by atoms with Crippen LogP contribution in [0.25, 0.3) is 0 Å². The molecule has 3 nitrogen and oxygen atoms in total. The van der Waals surface area contributed by atoms with Crippen LogP contribution in [0.2, 0.25) is 0 Å². The summed E-state index contributed by atoms with van der Waals surface area (Å²) in [4.78, 5) is 0. The lowest BCUT2D eigenvalue weighted by molar-refractivity contribution is 0.310. The minimum Gasteiger partial charge on any atom is -0.493 e. The van der Waals surface area contributed by atoms with Crippen molar-refractivity contribution in [3.05, 3.63) is 53.6 Å².